The van der Waals surface area contributed by atoms with Crippen LogP contribution in [0.5, 0.6) is 5.75 Å². The average molecular weight is 394 g/mol. The van der Waals surface area contributed by atoms with Gasteiger partial charge < -0.3 is 4.74 Å². The van der Waals surface area contributed by atoms with Crippen LogP contribution in [0.1, 0.15) is 63.4 Å². The second kappa shape index (κ2) is 7.92. The molecule has 2 aliphatic rings. The van der Waals surface area contributed by atoms with Crippen molar-refractivity contribution in [2.45, 2.75) is 64.4 Å². The van der Waals surface area contributed by atoms with Gasteiger partial charge in [-0.25, -0.2) is 8.78 Å². The van der Waals surface area contributed by atoms with Crippen LogP contribution in [0.15, 0.2) is 24.3 Å². The summed E-state index contributed by atoms with van der Waals surface area (Å²) in [6, 6.07) is 6.34. The Hall–Kier alpha value is -1.78. The first-order chi connectivity index (χ1) is 13.5. The normalized spacial score (nSPS) is 27.8. The third kappa shape index (κ3) is 3.72. The van der Waals surface area contributed by atoms with Crippen molar-refractivity contribution < 1.29 is 22.3 Å². The highest BCUT2D eigenvalue weighted by atomic mass is 19.3. The molecular formula is C23H26F4O. The molecule has 1 nitrogen and oxygen atoms in total. The van der Waals surface area contributed by atoms with E-state index >= 15 is 0 Å². The van der Waals surface area contributed by atoms with Crippen LogP contribution >= 0.6 is 0 Å². The lowest BCUT2D eigenvalue weighted by molar-refractivity contribution is -0.0544. The molecule has 4 rings (SSSR count). The number of ether oxygens (including phenoxy) is 1. The van der Waals surface area contributed by atoms with Crippen molar-refractivity contribution in [1.82, 2.24) is 0 Å². The van der Waals surface area contributed by atoms with Crippen molar-refractivity contribution in [3.63, 3.8) is 0 Å². The number of fused-ring (bicyclic) bond motifs is 2. The molecule has 0 saturated heterocycles. The van der Waals surface area contributed by atoms with Crippen molar-refractivity contribution in [3.8, 4) is 5.75 Å². The van der Waals surface area contributed by atoms with Crippen molar-refractivity contribution in [1.29, 1.82) is 0 Å². The van der Waals surface area contributed by atoms with Crippen LogP contribution in [-0.2, 0) is 0 Å². The fourth-order valence-corrected chi connectivity index (χ4v) is 5.44. The first-order valence-electron chi connectivity index (χ1n) is 10.3. The van der Waals surface area contributed by atoms with Crippen LogP contribution in [0, 0.1) is 29.4 Å². The summed E-state index contributed by atoms with van der Waals surface area (Å²) < 4.78 is 57.4. The van der Waals surface area contributed by atoms with Crippen LogP contribution in [0.4, 0.5) is 17.6 Å². The third-order valence-electron chi connectivity index (χ3n) is 6.99. The van der Waals surface area contributed by atoms with Crippen LogP contribution in [0.2, 0.25) is 0 Å². The number of hydrogen-bond donors (Lipinski definition) is 0. The lowest BCUT2D eigenvalue weighted by atomic mass is 9.63. The number of rotatable bonds is 4. The van der Waals surface area contributed by atoms with E-state index in [1.807, 2.05) is 12.1 Å². The zero-order valence-electron chi connectivity index (χ0n) is 16.1. The molecule has 2 fully saturated rings. The molecule has 5 heteroatoms. The maximum Gasteiger partial charge on any atom is 0.387 e. The highest BCUT2D eigenvalue weighted by Gasteiger charge is 2.35. The molecule has 0 aromatic heterocycles. The molecule has 152 valence electrons. The molecule has 0 heterocycles. The van der Waals surface area contributed by atoms with Gasteiger partial charge in [-0.3, -0.25) is 0 Å². The van der Waals surface area contributed by atoms with Crippen LogP contribution in [0.3, 0.4) is 0 Å². The van der Waals surface area contributed by atoms with Gasteiger partial charge in [-0.2, -0.15) is 8.78 Å². The summed E-state index contributed by atoms with van der Waals surface area (Å²) in [5.41, 5.74) is 1.09. The summed E-state index contributed by atoms with van der Waals surface area (Å²) in [6.45, 7) is -0.986. The van der Waals surface area contributed by atoms with E-state index < -0.39 is 24.0 Å². The Morgan fingerprint density at radius 2 is 1.75 bits per heavy atom. The summed E-state index contributed by atoms with van der Waals surface area (Å²) in [7, 11) is 0. The summed E-state index contributed by atoms with van der Waals surface area (Å²) in [5.74, 6) is -0.344. The van der Waals surface area contributed by atoms with E-state index in [1.54, 1.807) is 6.07 Å². The first kappa shape index (κ1) is 19.5. The van der Waals surface area contributed by atoms with Gasteiger partial charge in [0.2, 0.25) is 0 Å². The number of hydrogen-bond acceptors (Lipinski definition) is 1. The molecule has 0 amide bonds. The summed E-state index contributed by atoms with van der Waals surface area (Å²) in [4.78, 5) is 0. The Balaban J connectivity index is 1.57. The Kier molecular flexibility index (Phi) is 5.52. The highest BCUT2D eigenvalue weighted by molar-refractivity contribution is 5.85. The van der Waals surface area contributed by atoms with E-state index in [4.69, 9.17) is 0 Å². The van der Waals surface area contributed by atoms with E-state index in [1.165, 1.54) is 32.1 Å². The molecule has 2 aromatic rings. The molecule has 0 radical (unpaired) electrons. The SMILES string of the molecule is CC[C@@H]1CC[C@@H]2CC(c3ccc4c(F)c(OC(F)F)c(F)cc4c3)CCC2C1. The molecule has 2 unspecified atom stereocenters. The highest BCUT2D eigenvalue weighted by Crippen LogP contribution is 2.48. The van der Waals surface area contributed by atoms with Gasteiger partial charge >= 0.3 is 6.61 Å². The quantitative estimate of drug-likeness (QED) is 0.490. The molecule has 2 saturated carbocycles. The van der Waals surface area contributed by atoms with Gasteiger partial charge in [0.1, 0.15) is 0 Å². The Labute approximate surface area is 163 Å². The Bertz CT molecular complexity index is 850. The largest absolute Gasteiger partial charge is 0.429 e. The van der Waals surface area contributed by atoms with Crippen LogP contribution in [-0.4, -0.2) is 6.61 Å². The molecule has 2 aromatic carbocycles. The lowest BCUT2D eigenvalue weighted by Gasteiger charge is -2.42. The van der Waals surface area contributed by atoms with E-state index in [-0.39, 0.29) is 5.39 Å². The maximum absolute atomic E-state index is 14.5. The summed E-state index contributed by atoms with van der Waals surface area (Å²) in [5, 5.41) is 0.504. The Morgan fingerprint density at radius 3 is 2.50 bits per heavy atom. The van der Waals surface area contributed by atoms with Gasteiger partial charge in [-0.05, 0) is 72.8 Å². The molecule has 0 aliphatic heterocycles. The number of benzene rings is 2. The zero-order chi connectivity index (χ0) is 19.8. The summed E-state index contributed by atoms with van der Waals surface area (Å²) >= 11 is 0. The van der Waals surface area contributed by atoms with E-state index in [9.17, 15) is 17.6 Å². The minimum absolute atomic E-state index is 0.109. The van der Waals surface area contributed by atoms with Gasteiger partial charge in [0.15, 0.2) is 17.4 Å². The predicted molar refractivity (Wildman–Crippen MR) is 102 cm³/mol. The number of halogens is 4. The second-order valence-electron chi connectivity index (χ2n) is 8.48. The third-order valence-corrected chi connectivity index (χ3v) is 6.99. The van der Waals surface area contributed by atoms with Crippen molar-refractivity contribution in [3.05, 3.63) is 41.5 Å². The van der Waals surface area contributed by atoms with Crippen LogP contribution < -0.4 is 4.74 Å². The first-order valence-corrected chi connectivity index (χ1v) is 10.3. The monoisotopic (exact) mass is 394 g/mol. The second-order valence-corrected chi connectivity index (χ2v) is 8.48. The standard InChI is InChI=1S/C23H26F4O/c1-2-13-3-4-15-10-16(6-5-14(15)9-13)17-7-8-19-18(11-17)12-20(24)22(21(19)25)28-23(26)27/h7-8,11-16,23H,2-6,9-10H2,1H3/t13-,14?,15-,16?/m1/s1. The smallest absolute Gasteiger partial charge is 0.387 e. The average Bonchev–Trinajstić information content (AvgIpc) is 2.69. The fraction of sp³-hybridized carbons (Fsp3) is 0.565. The topological polar surface area (TPSA) is 9.23 Å². The van der Waals surface area contributed by atoms with E-state index in [0.29, 0.717) is 11.3 Å². The molecular weight excluding hydrogens is 368 g/mol. The number of alkyl halides is 2. The lowest BCUT2D eigenvalue weighted by Crippen LogP contribution is -2.30. The molecule has 4 atom stereocenters. The van der Waals surface area contributed by atoms with E-state index in [2.05, 4.69) is 11.7 Å². The van der Waals surface area contributed by atoms with E-state index in [0.717, 1.165) is 42.2 Å². The fourth-order valence-electron chi connectivity index (χ4n) is 5.44. The van der Waals surface area contributed by atoms with Gasteiger partial charge in [0.25, 0.3) is 0 Å². The molecule has 0 spiro atoms. The van der Waals surface area contributed by atoms with Crippen LogP contribution in [0.25, 0.3) is 10.8 Å². The predicted octanol–water partition coefficient (Wildman–Crippen LogP) is 7.43. The zero-order valence-corrected chi connectivity index (χ0v) is 16.1. The van der Waals surface area contributed by atoms with Gasteiger partial charge in [-0.1, -0.05) is 38.0 Å². The minimum Gasteiger partial charge on any atom is -0.429 e. The van der Waals surface area contributed by atoms with Gasteiger partial charge in [-0.15, -0.1) is 0 Å². The molecule has 2 aliphatic carbocycles. The van der Waals surface area contributed by atoms with Crippen molar-refractivity contribution in [2.75, 3.05) is 0 Å². The van der Waals surface area contributed by atoms with Gasteiger partial charge in [0, 0.05) is 5.39 Å². The molecule has 0 bridgehead atoms. The summed E-state index contributed by atoms with van der Waals surface area (Å²) in [6.07, 6.45) is 8.65. The minimum atomic E-state index is -3.27. The molecule has 0 N–H and O–H groups in total. The molecule has 28 heavy (non-hydrogen) atoms. The Morgan fingerprint density at radius 1 is 1.00 bits per heavy atom. The van der Waals surface area contributed by atoms with Crippen molar-refractivity contribution >= 4 is 10.8 Å². The van der Waals surface area contributed by atoms with Gasteiger partial charge in [0.05, 0.1) is 0 Å². The maximum atomic E-state index is 14.5. The van der Waals surface area contributed by atoms with Crippen molar-refractivity contribution in [2.24, 2.45) is 17.8 Å².